The molecular weight excluding hydrogens is 411 g/mol. The Bertz CT molecular complexity index is 868. The number of aryl methyl sites for hydroxylation is 1. The summed E-state index contributed by atoms with van der Waals surface area (Å²) in [4.78, 5) is 14.8. The number of rotatable bonds is 6. The molecule has 158 valence electrons. The Balaban J connectivity index is 0.00000210. The molecule has 3 rings (SSSR count). The van der Waals surface area contributed by atoms with Crippen molar-refractivity contribution in [3.63, 3.8) is 0 Å². The van der Waals surface area contributed by atoms with Crippen molar-refractivity contribution in [1.29, 1.82) is 5.41 Å². The number of hydrogen-bond acceptors (Lipinski definition) is 4. The number of carbonyl (C=O) groups excluding carboxylic acids is 1. The van der Waals surface area contributed by atoms with Crippen LogP contribution in [0.4, 0.5) is 5.69 Å². The molecule has 1 heterocycles. The van der Waals surface area contributed by atoms with Crippen molar-refractivity contribution < 1.29 is 9.90 Å². The Morgan fingerprint density at radius 3 is 2.45 bits per heavy atom. The van der Waals surface area contributed by atoms with Crippen LogP contribution in [0, 0.1) is 12.3 Å². The first-order valence-corrected chi connectivity index (χ1v) is 9.20. The van der Waals surface area contributed by atoms with Crippen LogP contribution >= 0.6 is 24.8 Å². The third-order valence-electron chi connectivity index (χ3n) is 4.96. The lowest BCUT2D eigenvalue weighted by molar-refractivity contribution is -0.115. The second-order valence-electron chi connectivity index (χ2n) is 7.11. The van der Waals surface area contributed by atoms with E-state index in [1.807, 2.05) is 12.1 Å². The minimum absolute atomic E-state index is 0. The topological polar surface area (TPSA) is 102 Å². The van der Waals surface area contributed by atoms with E-state index < -0.39 is 0 Å². The summed E-state index contributed by atoms with van der Waals surface area (Å²) in [5.74, 6) is -0.300. The molecule has 1 amide bonds. The third kappa shape index (κ3) is 6.63. The first-order chi connectivity index (χ1) is 12.9. The molecule has 8 heteroatoms. The summed E-state index contributed by atoms with van der Waals surface area (Å²) in [6, 6.07) is 10.5. The molecular formula is C21H28Cl2N4O2. The Labute approximate surface area is 183 Å². The predicted molar refractivity (Wildman–Crippen MR) is 122 cm³/mol. The molecule has 1 aliphatic heterocycles. The van der Waals surface area contributed by atoms with Gasteiger partial charge in [0.15, 0.2) is 0 Å². The van der Waals surface area contributed by atoms with Crippen molar-refractivity contribution >= 4 is 42.2 Å². The first-order valence-electron chi connectivity index (χ1n) is 9.20. The number of likely N-dealkylation sites (tertiary alicyclic amines) is 1. The van der Waals surface area contributed by atoms with E-state index in [9.17, 15) is 9.90 Å². The van der Waals surface area contributed by atoms with Crippen LogP contribution in [0.3, 0.4) is 0 Å². The number of benzene rings is 2. The van der Waals surface area contributed by atoms with Gasteiger partial charge in [-0.05, 0) is 74.3 Å². The van der Waals surface area contributed by atoms with Gasteiger partial charge < -0.3 is 16.2 Å². The van der Waals surface area contributed by atoms with E-state index in [0.29, 0.717) is 11.1 Å². The van der Waals surface area contributed by atoms with Crippen molar-refractivity contribution in [3.8, 4) is 5.75 Å². The van der Waals surface area contributed by atoms with Crippen LogP contribution < -0.4 is 11.1 Å². The van der Waals surface area contributed by atoms with Crippen LogP contribution in [0.1, 0.15) is 35.1 Å². The highest BCUT2D eigenvalue weighted by Gasteiger charge is 2.14. The maximum atomic E-state index is 12.4. The number of carbonyl (C=O) groups is 1. The summed E-state index contributed by atoms with van der Waals surface area (Å²) in [7, 11) is 0. The van der Waals surface area contributed by atoms with Gasteiger partial charge in [0.05, 0.1) is 6.42 Å². The van der Waals surface area contributed by atoms with Crippen LogP contribution in [-0.2, 0) is 17.8 Å². The van der Waals surface area contributed by atoms with Gasteiger partial charge in [-0.1, -0.05) is 6.07 Å². The lowest BCUT2D eigenvalue weighted by Crippen LogP contribution is -2.19. The summed E-state index contributed by atoms with van der Waals surface area (Å²) < 4.78 is 0. The molecule has 2 aromatic carbocycles. The number of aromatic hydroxyl groups is 1. The van der Waals surface area contributed by atoms with Gasteiger partial charge in [0.1, 0.15) is 11.6 Å². The zero-order valence-electron chi connectivity index (χ0n) is 16.4. The number of amidine groups is 1. The van der Waals surface area contributed by atoms with Crippen LogP contribution in [0.25, 0.3) is 0 Å². The number of anilines is 1. The maximum absolute atomic E-state index is 12.4. The highest BCUT2D eigenvalue weighted by Crippen LogP contribution is 2.22. The number of hydrogen-bond donors (Lipinski definition) is 4. The minimum Gasteiger partial charge on any atom is -0.508 e. The van der Waals surface area contributed by atoms with Gasteiger partial charge in [-0.2, -0.15) is 0 Å². The Kier molecular flexibility index (Phi) is 9.43. The smallest absolute Gasteiger partial charge is 0.228 e. The summed E-state index contributed by atoms with van der Waals surface area (Å²) in [6.07, 6.45) is 2.55. The second kappa shape index (κ2) is 11.0. The lowest BCUT2D eigenvalue weighted by Gasteiger charge is -2.17. The average Bonchev–Trinajstić information content (AvgIpc) is 3.12. The van der Waals surface area contributed by atoms with Crippen LogP contribution in [0.2, 0.25) is 0 Å². The summed E-state index contributed by atoms with van der Waals surface area (Å²) in [5.41, 5.74) is 9.58. The van der Waals surface area contributed by atoms with E-state index in [0.717, 1.165) is 30.9 Å². The zero-order chi connectivity index (χ0) is 19.4. The summed E-state index contributed by atoms with van der Waals surface area (Å²) in [5, 5.41) is 20.3. The molecule has 1 aliphatic rings. The van der Waals surface area contributed by atoms with Gasteiger partial charge in [0.25, 0.3) is 0 Å². The maximum Gasteiger partial charge on any atom is 0.228 e. The van der Waals surface area contributed by atoms with Crippen molar-refractivity contribution in [3.05, 3.63) is 58.7 Å². The Morgan fingerprint density at radius 2 is 1.83 bits per heavy atom. The fraction of sp³-hybridized carbons (Fsp3) is 0.333. The number of nitrogens with two attached hydrogens (primary N) is 1. The number of halogens is 2. The summed E-state index contributed by atoms with van der Waals surface area (Å²) >= 11 is 0. The number of nitrogens with zero attached hydrogens (tertiary/aromatic N) is 1. The standard InChI is InChI=1S/C21H26N4O2.2ClH/c1-14-10-18(6-4-16(14)13-25-8-2-3-9-25)24-20(27)12-17-11-15(21(22)23)5-7-19(17)26;;/h4-7,10-11,26H,2-3,8-9,12-13H2,1H3,(H3,22,23)(H,24,27);2*1H. The molecule has 1 fully saturated rings. The number of nitrogens with one attached hydrogen (secondary N) is 2. The third-order valence-corrected chi connectivity index (χ3v) is 4.96. The van der Waals surface area contributed by atoms with Gasteiger partial charge >= 0.3 is 0 Å². The zero-order valence-corrected chi connectivity index (χ0v) is 18.0. The van der Waals surface area contributed by atoms with Crippen LogP contribution in [0.15, 0.2) is 36.4 Å². The van der Waals surface area contributed by atoms with E-state index in [4.69, 9.17) is 11.1 Å². The van der Waals surface area contributed by atoms with E-state index in [-0.39, 0.29) is 48.7 Å². The molecule has 0 aliphatic carbocycles. The predicted octanol–water partition coefficient (Wildman–Crippen LogP) is 3.61. The van der Waals surface area contributed by atoms with Gasteiger partial charge in [-0.3, -0.25) is 15.1 Å². The number of nitrogen functional groups attached to an aromatic ring is 1. The molecule has 0 aromatic heterocycles. The van der Waals surface area contributed by atoms with Gasteiger partial charge in [-0.15, -0.1) is 24.8 Å². The lowest BCUT2D eigenvalue weighted by atomic mass is 10.0. The number of amides is 1. The van der Waals surface area contributed by atoms with Crippen LogP contribution in [0.5, 0.6) is 5.75 Å². The average molecular weight is 439 g/mol. The van der Waals surface area contributed by atoms with E-state index in [1.54, 1.807) is 12.1 Å². The van der Waals surface area contributed by atoms with E-state index in [1.165, 1.54) is 24.5 Å². The Morgan fingerprint density at radius 1 is 1.14 bits per heavy atom. The molecule has 29 heavy (non-hydrogen) atoms. The molecule has 2 aromatic rings. The quantitative estimate of drug-likeness (QED) is 0.408. The fourth-order valence-electron chi connectivity index (χ4n) is 3.41. The van der Waals surface area contributed by atoms with E-state index in [2.05, 4.69) is 23.2 Å². The van der Waals surface area contributed by atoms with Crippen molar-refractivity contribution in [2.45, 2.75) is 32.7 Å². The van der Waals surface area contributed by atoms with E-state index >= 15 is 0 Å². The van der Waals surface area contributed by atoms with Crippen LogP contribution in [-0.4, -0.2) is 34.8 Å². The summed E-state index contributed by atoms with van der Waals surface area (Å²) in [6.45, 7) is 5.32. The molecule has 0 atom stereocenters. The molecule has 0 spiro atoms. The highest BCUT2D eigenvalue weighted by atomic mass is 35.5. The molecule has 0 saturated carbocycles. The Hall–Kier alpha value is -2.28. The van der Waals surface area contributed by atoms with Crippen molar-refractivity contribution in [2.24, 2.45) is 5.73 Å². The largest absolute Gasteiger partial charge is 0.508 e. The monoisotopic (exact) mass is 438 g/mol. The molecule has 1 saturated heterocycles. The fourth-order valence-corrected chi connectivity index (χ4v) is 3.41. The van der Waals surface area contributed by atoms with Crippen molar-refractivity contribution in [1.82, 2.24) is 4.90 Å². The van der Waals surface area contributed by atoms with Gasteiger partial charge in [0.2, 0.25) is 5.91 Å². The van der Waals surface area contributed by atoms with Gasteiger partial charge in [-0.25, -0.2) is 0 Å². The molecule has 0 radical (unpaired) electrons. The highest BCUT2D eigenvalue weighted by molar-refractivity contribution is 5.96. The molecule has 0 bridgehead atoms. The minimum atomic E-state index is -0.224. The SMILES string of the molecule is Cc1cc(NC(=O)Cc2cc(C(=N)N)ccc2O)ccc1CN1CCCC1.Cl.Cl. The van der Waals surface area contributed by atoms with Crippen molar-refractivity contribution in [2.75, 3.05) is 18.4 Å². The molecule has 6 nitrogen and oxygen atoms in total. The molecule has 0 unspecified atom stereocenters. The number of phenols is 1. The van der Waals surface area contributed by atoms with Gasteiger partial charge in [0, 0.05) is 23.4 Å². The number of phenolic OH excluding ortho intramolecular Hbond substituents is 1. The first kappa shape index (κ1) is 24.8. The normalized spacial score (nSPS) is 13.3. The molecule has 5 N–H and O–H groups in total. The second-order valence-corrected chi connectivity index (χ2v) is 7.11.